The number of hydrogen-bond donors (Lipinski definition) is 2. The number of H-pyrrole nitrogens is 1. The molecule has 2 N–H and O–H groups in total. The molecule has 1 unspecified atom stereocenters. The van der Waals surface area contributed by atoms with Crippen molar-refractivity contribution in [3.63, 3.8) is 0 Å². The Morgan fingerprint density at radius 2 is 1.68 bits per heavy atom. The molecule has 1 amide bonds. The van der Waals surface area contributed by atoms with Gasteiger partial charge in [-0.05, 0) is 53.6 Å². The van der Waals surface area contributed by atoms with Crippen LogP contribution in [0.1, 0.15) is 22.1 Å². The Morgan fingerprint density at radius 1 is 0.951 bits per heavy atom. The van der Waals surface area contributed by atoms with Crippen molar-refractivity contribution in [3.05, 3.63) is 71.8 Å². The van der Waals surface area contributed by atoms with Gasteiger partial charge in [0.25, 0.3) is 12.3 Å². The van der Waals surface area contributed by atoms with Crippen LogP contribution in [0.4, 0.5) is 13.2 Å². The fourth-order valence-electron chi connectivity index (χ4n) is 5.12. The van der Waals surface area contributed by atoms with E-state index in [1.165, 1.54) is 14.2 Å². The molecular formula is C31H32F3N3O4. The number of nitrogens with one attached hydrogen (secondary N) is 2. The van der Waals surface area contributed by atoms with Crippen LogP contribution in [-0.2, 0) is 4.74 Å². The molecule has 1 atom stereocenters. The Kier molecular flexibility index (Phi) is 8.80. The van der Waals surface area contributed by atoms with E-state index in [1.807, 2.05) is 12.1 Å². The lowest BCUT2D eigenvalue weighted by atomic mass is 9.97. The molecule has 0 radical (unpaired) electrons. The number of fused-ring (bicyclic) bond motifs is 1. The molecule has 1 aromatic heterocycles. The van der Waals surface area contributed by atoms with E-state index in [0.29, 0.717) is 64.4 Å². The number of carbonyl (C=O) groups excluding carboxylic acids is 1. The number of aromatic nitrogens is 1. The summed E-state index contributed by atoms with van der Waals surface area (Å²) in [6.07, 6.45) is -5.74. The summed E-state index contributed by atoms with van der Waals surface area (Å²) in [5.41, 5.74) is 2.94. The lowest BCUT2D eigenvalue weighted by Gasteiger charge is -2.26. The number of aromatic amines is 1. The molecule has 0 spiro atoms. The summed E-state index contributed by atoms with van der Waals surface area (Å²) < 4.78 is 58.7. The molecule has 1 aliphatic rings. The third-order valence-corrected chi connectivity index (χ3v) is 7.28. The van der Waals surface area contributed by atoms with E-state index in [1.54, 1.807) is 48.5 Å². The maximum Gasteiger partial charge on any atom is 0.273 e. The van der Waals surface area contributed by atoms with Crippen LogP contribution in [0.3, 0.4) is 0 Å². The SMILES string of the molecule is COc1ccc(-c2[nH]c3ccc(-c4cccc(C(=O)NCCN5CCOCC5)c4)cc3c2C(F)C(F)F)cc1OC. The Morgan fingerprint density at radius 3 is 2.41 bits per heavy atom. The number of halogens is 3. The molecule has 4 aromatic rings. The topological polar surface area (TPSA) is 75.8 Å². The molecule has 7 nitrogen and oxygen atoms in total. The summed E-state index contributed by atoms with van der Waals surface area (Å²) in [7, 11) is 2.96. The lowest BCUT2D eigenvalue weighted by Crippen LogP contribution is -2.41. The van der Waals surface area contributed by atoms with Crippen LogP contribution in [-0.4, -0.2) is 75.8 Å². The standard InChI is InChI=1S/C31H32F3N3O4/c1-39-25-9-7-21(18-26(25)40-2)29-27(28(32)30(33)34)23-17-20(6-8-24(23)36-29)19-4-3-5-22(16-19)31(38)35-10-11-37-12-14-41-15-13-37/h3-9,16-18,28,30,36H,10-15H2,1-2H3,(H,35,38). The summed E-state index contributed by atoms with van der Waals surface area (Å²) >= 11 is 0. The van der Waals surface area contributed by atoms with Crippen LogP contribution in [0.25, 0.3) is 33.3 Å². The number of amides is 1. The van der Waals surface area contributed by atoms with E-state index in [4.69, 9.17) is 14.2 Å². The highest BCUT2D eigenvalue weighted by Crippen LogP contribution is 2.42. The van der Waals surface area contributed by atoms with Gasteiger partial charge in [-0.3, -0.25) is 9.69 Å². The summed E-state index contributed by atoms with van der Waals surface area (Å²) in [4.78, 5) is 18.2. The van der Waals surface area contributed by atoms with E-state index in [2.05, 4.69) is 15.2 Å². The molecule has 10 heteroatoms. The van der Waals surface area contributed by atoms with Gasteiger partial charge in [-0.25, -0.2) is 13.2 Å². The van der Waals surface area contributed by atoms with Gasteiger partial charge in [-0.15, -0.1) is 0 Å². The predicted octanol–water partition coefficient (Wildman–Crippen LogP) is 5.86. The summed E-state index contributed by atoms with van der Waals surface area (Å²) in [6.45, 7) is 4.31. The number of rotatable bonds is 10. The van der Waals surface area contributed by atoms with E-state index in [9.17, 15) is 13.6 Å². The van der Waals surface area contributed by atoms with Gasteiger partial charge in [-0.2, -0.15) is 0 Å². The quantitative estimate of drug-likeness (QED) is 0.251. The Hall–Kier alpha value is -4.02. The Balaban J connectivity index is 1.46. The number of morpholine rings is 1. The van der Waals surface area contributed by atoms with Crippen LogP contribution < -0.4 is 14.8 Å². The van der Waals surface area contributed by atoms with Gasteiger partial charge < -0.3 is 24.5 Å². The van der Waals surface area contributed by atoms with Gasteiger partial charge in [-0.1, -0.05) is 18.2 Å². The summed E-state index contributed by atoms with van der Waals surface area (Å²) in [6, 6.07) is 17.2. The average Bonchev–Trinajstić information content (AvgIpc) is 3.39. The van der Waals surface area contributed by atoms with Gasteiger partial charge in [0.1, 0.15) is 0 Å². The van der Waals surface area contributed by atoms with Gasteiger partial charge in [0.2, 0.25) is 0 Å². The molecule has 5 rings (SSSR count). The van der Waals surface area contributed by atoms with E-state index < -0.39 is 12.6 Å². The van der Waals surface area contributed by atoms with E-state index >= 15 is 4.39 Å². The monoisotopic (exact) mass is 567 g/mol. The zero-order valence-electron chi connectivity index (χ0n) is 22.9. The maximum absolute atomic E-state index is 15.2. The molecular weight excluding hydrogens is 535 g/mol. The zero-order valence-corrected chi connectivity index (χ0v) is 22.9. The Bertz CT molecular complexity index is 1520. The number of nitrogens with zero attached hydrogens (tertiary/aromatic N) is 1. The molecule has 0 saturated carbocycles. The van der Waals surface area contributed by atoms with Crippen molar-refractivity contribution in [3.8, 4) is 33.9 Å². The normalized spacial score (nSPS) is 14.8. The van der Waals surface area contributed by atoms with E-state index in [-0.39, 0.29) is 17.2 Å². The van der Waals surface area contributed by atoms with Crippen molar-refractivity contribution in [1.29, 1.82) is 0 Å². The fraction of sp³-hybridized carbons (Fsp3) is 0.323. The van der Waals surface area contributed by atoms with Gasteiger partial charge in [0, 0.05) is 53.8 Å². The highest BCUT2D eigenvalue weighted by molar-refractivity contribution is 5.97. The number of benzene rings is 3. The summed E-state index contributed by atoms with van der Waals surface area (Å²) in [5.74, 6) is 0.649. The second kappa shape index (κ2) is 12.7. The first-order chi connectivity index (χ1) is 19.9. The molecule has 1 saturated heterocycles. The number of hydrogen-bond acceptors (Lipinski definition) is 5. The van der Waals surface area contributed by atoms with Crippen molar-refractivity contribution >= 4 is 16.8 Å². The molecule has 3 aromatic carbocycles. The average molecular weight is 568 g/mol. The third kappa shape index (κ3) is 6.18. The zero-order chi connectivity index (χ0) is 28.9. The molecule has 1 fully saturated rings. The second-order valence-electron chi connectivity index (χ2n) is 9.77. The molecule has 0 aliphatic carbocycles. The molecule has 2 heterocycles. The number of alkyl halides is 3. The lowest BCUT2D eigenvalue weighted by molar-refractivity contribution is 0.0383. The summed E-state index contributed by atoms with van der Waals surface area (Å²) in [5, 5.41) is 3.29. The van der Waals surface area contributed by atoms with Crippen molar-refractivity contribution in [1.82, 2.24) is 15.2 Å². The first kappa shape index (κ1) is 28.5. The van der Waals surface area contributed by atoms with Crippen LogP contribution in [0.2, 0.25) is 0 Å². The van der Waals surface area contributed by atoms with Crippen molar-refractivity contribution < 1.29 is 32.2 Å². The molecule has 216 valence electrons. The van der Waals surface area contributed by atoms with Crippen LogP contribution >= 0.6 is 0 Å². The minimum Gasteiger partial charge on any atom is -0.493 e. The van der Waals surface area contributed by atoms with Crippen LogP contribution in [0.5, 0.6) is 11.5 Å². The predicted molar refractivity (Wildman–Crippen MR) is 152 cm³/mol. The van der Waals surface area contributed by atoms with Crippen LogP contribution in [0, 0.1) is 0 Å². The maximum atomic E-state index is 15.2. The first-order valence-electron chi connectivity index (χ1n) is 13.4. The molecule has 1 aliphatic heterocycles. The Labute approximate surface area is 236 Å². The van der Waals surface area contributed by atoms with Gasteiger partial charge >= 0.3 is 0 Å². The minimum atomic E-state index is -3.22. The fourth-order valence-corrected chi connectivity index (χ4v) is 5.12. The second-order valence-corrected chi connectivity index (χ2v) is 9.77. The molecule has 0 bridgehead atoms. The first-order valence-corrected chi connectivity index (χ1v) is 13.4. The number of methoxy groups -OCH3 is 2. The van der Waals surface area contributed by atoms with Crippen molar-refractivity contribution in [2.75, 3.05) is 53.6 Å². The smallest absolute Gasteiger partial charge is 0.273 e. The van der Waals surface area contributed by atoms with Gasteiger partial charge in [0.15, 0.2) is 17.7 Å². The van der Waals surface area contributed by atoms with E-state index in [0.717, 1.165) is 19.6 Å². The van der Waals surface area contributed by atoms with Crippen molar-refractivity contribution in [2.45, 2.75) is 12.6 Å². The number of carbonyl (C=O) groups is 1. The third-order valence-electron chi connectivity index (χ3n) is 7.28. The molecule has 41 heavy (non-hydrogen) atoms. The van der Waals surface area contributed by atoms with Crippen molar-refractivity contribution in [2.24, 2.45) is 0 Å². The largest absolute Gasteiger partial charge is 0.493 e. The minimum absolute atomic E-state index is 0.138. The van der Waals surface area contributed by atoms with Crippen LogP contribution in [0.15, 0.2) is 60.7 Å². The van der Waals surface area contributed by atoms with Gasteiger partial charge in [0.05, 0.1) is 33.1 Å². The highest BCUT2D eigenvalue weighted by atomic mass is 19.3. The highest BCUT2D eigenvalue weighted by Gasteiger charge is 2.29. The number of ether oxygens (including phenoxy) is 3.